The topological polar surface area (TPSA) is 112 Å². The van der Waals surface area contributed by atoms with Gasteiger partial charge in [-0.1, -0.05) is 13.8 Å². The van der Waals surface area contributed by atoms with Gasteiger partial charge in [0.2, 0.25) is 0 Å². The van der Waals surface area contributed by atoms with E-state index >= 15 is 0 Å². The Morgan fingerprint density at radius 2 is 1.89 bits per heavy atom. The Morgan fingerprint density at radius 1 is 1.32 bits per heavy atom. The molecule has 1 unspecified atom stereocenters. The van der Waals surface area contributed by atoms with Gasteiger partial charge in [0.15, 0.2) is 0 Å². The summed E-state index contributed by atoms with van der Waals surface area (Å²) in [6.45, 7) is 6.59. The molecule has 7 nitrogen and oxygen atoms in total. The van der Waals surface area contributed by atoms with Crippen LogP contribution in [0.5, 0.6) is 0 Å². The monoisotopic (exact) mass is 267 g/mol. The molecule has 0 aliphatic rings. The molecular weight excluding hydrogens is 250 g/mol. The molecule has 19 heavy (non-hydrogen) atoms. The third-order valence-corrected chi connectivity index (χ3v) is 2.61. The Bertz CT molecular complexity index is 563. The Balaban J connectivity index is 3.12. The summed E-state index contributed by atoms with van der Waals surface area (Å²) in [6.07, 6.45) is 0. The summed E-state index contributed by atoms with van der Waals surface area (Å²) in [5.41, 5.74) is -0.439. The molecule has 1 rings (SSSR count). The molecule has 1 aromatic heterocycles. The Morgan fingerprint density at radius 3 is 2.32 bits per heavy atom. The maximum Gasteiger partial charge on any atom is 0.325 e. The number of aliphatic carboxylic acids is 1. The van der Waals surface area contributed by atoms with Crippen molar-refractivity contribution in [2.45, 2.75) is 39.7 Å². The van der Waals surface area contributed by atoms with Gasteiger partial charge < -0.3 is 15.4 Å². The van der Waals surface area contributed by atoms with Crippen molar-refractivity contribution in [1.82, 2.24) is 15.3 Å². The highest BCUT2D eigenvalue weighted by atomic mass is 16.4. The molecular formula is C12H17N3O4. The molecule has 0 spiro atoms. The summed E-state index contributed by atoms with van der Waals surface area (Å²) in [7, 11) is 0. The highest BCUT2D eigenvalue weighted by Gasteiger charge is 2.21. The molecule has 1 aromatic rings. The number of rotatable bonds is 4. The van der Waals surface area contributed by atoms with Crippen LogP contribution in [0.15, 0.2) is 4.79 Å². The van der Waals surface area contributed by atoms with Crippen LogP contribution in [-0.4, -0.2) is 33.0 Å². The first-order valence-electron chi connectivity index (χ1n) is 5.88. The van der Waals surface area contributed by atoms with Crippen LogP contribution in [0.2, 0.25) is 0 Å². The van der Waals surface area contributed by atoms with Crippen molar-refractivity contribution < 1.29 is 14.7 Å². The normalized spacial score (nSPS) is 12.3. The molecule has 1 atom stereocenters. The number of nitrogens with zero attached hydrogens (tertiary/aromatic N) is 1. The second kappa shape index (κ2) is 5.64. The van der Waals surface area contributed by atoms with E-state index in [1.54, 1.807) is 6.92 Å². The van der Waals surface area contributed by atoms with Gasteiger partial charge in [-0.3, -0.25) is 14.4 Å². The second-order valence-corrected chi connectivity index (χ2v) is 4.60. The van der Waals surface area contributed by atoms with E-state index in [0.717, 1.165) is 0 Å². The predicted molar refractivity (Wildman–Crippen MR) is 68.2 cm³/mol. The molecule has 0 bridgehead atoms. The largest absolute Gasteiger partial charge is 0.480 e. The number of aromatic amines is 1. The van der Waals surface area contributed by atoms with Crippen molar-refractivity contribution in [3.05, 3.63) is 27.4 Å². The first kappa shape index (κ1) is 14.9. The van der Waals surface area contributed by atoms with Gasteiger partial charge >= 0.3 is 5.97 Å². The molecule has 0 radical (unpaired) electrons. The SMILES string of the molecule is Cc1nc(C(C)C)[nH]c(=O)c1C(=O)NC(C)C(=O)O. The summed E-state index contributed by atoms with van der Waals surface area (Å²) in [5, 5.41) is 10.9. The molecule has 104 valence electrons. The molecule has 0 aliphatic heterocycles. The quantitative estimate of drug-likeness (QED) is 0.731. The van der Waals surface area contributed by atoms with Crippen molar-refractivity contribution in [2.24, 2.45) is 0 Å². The number of aryl methyl sites for hydroxylation is 1. The molecule has 0 fully saturated rings. The minimum atomic E-state index is -1.17. The van der Waals surface area contributed by atoms with Crippen LogP contribution in [0.1, 0.15) is 48.6 Å². The fourth-order valence-electron chi connectivity index (χ4n) is 1.48. The lowest BCUT2D eigenvalue weighted by atomic mass is 10.1. The zero-order chi connectivity index (χ0) is 14.7. The Kier molecular flexibility index (Phi) is 4.42. The summed E-state index contributed by atoms with van der Waals surface area (Å²) < 4.78 is 0. The van der Waals surface area contributed by atoms with E-state index in [0.29, 0.717) is 5.82 Å². The van der Waals surface area contributed by atoms with Crippen LogP contribution >= 0.6 is 0 Å². The van der Waals surface area contributed by atoms with E-state index in [4.69, 9.17) is 5.11 Å². The number of aromatic nitrogens is 2. The Labute approximate surface area is 110 Å². The lowest BCUT2D eigenvalue weighted by molar-refractivity contribution is -0.138. The molecule has 0 aromatic carbocycles. The van der Waals surface area contributed by atoms with Crippen molar-refractivity contribution in [1.29, 1.82) is 0 Å². The van der Waals surface area contributed by atoms with E-state index < -0.39 is 23.5 Å². The molecule has 7 heteroatoms. The summed E-state index contributed by atoms with van der Waals surface area (Å²) in [6, 6.07) is -1.07. The van der Waals surface area contributed by atoms with Crippen molar-refractivity contribution in [2.75, 3.05) is 0 Å². The van der Waals surface area contributed by atoms with Crippen molar-refractivity contribution in [3.8, 4) is 0 Å². The smallest absolute Gasteiger partial charge is 0.325 e. The lowest BCUT2D eigenvalue weighted by Crippen LogP contribution is -2.41. The zero-order valence-electron chi connectivity index (χ0n) is 11.3. The third kappa shape index (κ3) is 3.40. The number of carboxylic acids is 1. The summed E-state index contributed by atoms with van der Waals surface area (Å²) >= 11 is 0. The fraction of sp³-hybridized carbons (Fsp3) is 0.500. The standard InChI is InChI=1S/C12H17N3O4/c1-5(2)9-13-6(3)8(11(17)15-9)10(16)14-7(4)12(18)19/h5,7H,1-4H3,(H,14,16)(H,18,19)(H,13,15,17). The van der Waals surface area contributed by atoms with Gasteiger partial charge in [-0.25, -0.2) is 4.98 Å². The van der Waals surface area contributed by atoms with Crippen LogP contribution in [-0.2, 0) is 4.79 Å². The number of hydrogen-bond acceptors (Lipinski definition) is 4. The fourth-order valence-corrected chi connectivity index (χ4v) is 1.48. The van der Waals surface area contributed by atoms with Gasteiger partial charge in [-0.2, -0.15) is 0 Å². The van der Waals surface area contributed by atoms with E-state index in [9.17, 15) is 14.4 Å². The minimum Gasteiger partial charge on any atom is -0.480 e. The van der Waals surface area contributed by atoms with E-state index in [1.165, 1.54) is 6.92 Å². The van der Waals surface area contributed by atoms with Gasteiger partial charge in [0.25, 0.3) is 11.5 Å². The summed E-state index contributed by atoms with van der Waals surface area (Å²) in [4.78, 5) is 41.0. The van der Waals surface area contributed by atoms with Crippen LogP contribution < -0.4 is 10.9 Å². The Hall–Kier alpha value is -2.18. The first-order chi connectivity index (χ1) is 8.73. The number of H-pyrrole nitrogens is 1. The van der Waals surface area contributed by atoms with Crippen LogP contribution in [0.4, 0.5) is 0 Å². The third-order valence-electron chi connectivity index (χ3n) is 2.61. The number of hydrogen-bond donors (Lipinski definition) is 3. The zero-order valence-corrected chi connectivity index (χ0v) is 11.3. The highest BCUT2D eigenvalue weighted by molar-refractivity contribution is 5.97. The first-order valence-corrected chi connectivity index (χ1v) is 5.88. The number of nitrogens with one attached hydrogen (secondary N) is 2. The van der Waals surface area contributed by atoms with Crippen LogP contribution in [0.25, 0.3) is 0 Å². The molecule has 0 saturated carbocycles. The molecule has 0 saturated heterocycles. The number of carbonyl (C=O) groups excluding carboxylic acids is 1. The molecule has 1 heterocycles. The van der Waals surface area contributed by atoms with Crippen molar-refractivity contribution >= 4 is 11.9 Å². The van der Waals surface area contributed by atoms with Crippen LogP contribution in [0, 0.1) is 6.92 Å². The van der Waals surface area contributed by atoms with E-state index in [2.05, 4.69) is 15.3 Å². The van der Waals surface area contributed by atoms with Crippen LogP contribution in [0.3, 0.4) is 0 Å². The molecule has 3 N–H and O–H groups in total. The van der Waals surface area contributed by atoms with Crippen molar-refractivity contribution in [3.63, 3.8) is 0 Å². The highest BCUT2D eigenvalue weighted by Crippen LogP contribution is 2.08. The average molecular weight is 267 g/mol. The maximum absolute atomic E-state index is 11.9. The number of carbonyl (C=O) groups is 2. The minimum absolute atomic E-state index is 0.0291. The molecule has 0 aliphatic carbocycles. The van der Waals surface area contributed by atoms with Gasteiger partial charge in [-0.15, -0.1) is 0 Å². The lowest BCUT2D eigenvalue weighted by Gasteiger charge is -2.11. The van der Waals surface area contributed by atoms with E-state index in [1.807, 2.05) is 13.8 Å². The second-order valence-electron chi connectivity index (χ2n) is 4.60. The molecule has 1 amide bonds. The van der Waals surface area contributed by atoms with Gasteiger partial charge in [-0.05, 0) is 13.8 Å². The van der Waals surface area contributed by atoms with Gasteiger partial charge in [0.05, 0.1) is 5.69 Å². The van der Waals surface area contributed by atoms with Gasteiger partial charge in [0, 0.05) is 5.92 Å². The number of amides is 1. The average Bonchev–Trinajstić information content (AvgIpc) is 2.27. The maximum atomic E-state index is 11.9. The predicted octanol–water partition coefficient (Wildman–Crippen LogP) is 0.405. The van der Waals surface area contributed by atoms with E-state index in [-0.39, 0.29) is 17.2 Å². The summed E-state index contributed by atoms with van der Waals surface area (Å²) in [5.74, 6) is -1.39. The number of carboxylic acid groups (broad SMARTS) is 1. The van der Waals surface area contributed by atoms with Gasteiger partial charge in [0.1, 0.15) is 17.4 Å².